The molecule has 4 nitrogen and oxygen atoms in total. The second-order valence-corrected chi connectivity index (χ2v) is 8.72. The maximum Gasteiger partial charge on any atom is 0.153 e. The highest BCUT2D eigenvalue weighted by Crippen LogP contribution is 2.34. The number of benzene rings is 1. The van der Waals surface area contributed by atoms with Gasteiger partial charge in [0.15, 0.2) is 9.84 Å². The average Bonchev–Trinajstić information content (AvgIpc) is 3.22. The summed E-state index contributed by atoms with van der Waals surface area (Å²) in [6.45, 7) is 3.44. The first-order chi connectivity index (χ1) is 10.0. The summed E-state index contributed by atoms with van der Waals surface area (Å²) in [6.07, 6.45) is 4.01. The number of anilines is 2. The van der Waals surface area contributed by atoms with Crippen LogP contribution < -0.4 is 10.2 Å². The van der Waals surface area contributed by atoms with Crippen LogP contribution in [0.15, 0.2) is 24.3 Å². The zero-order chi connectivity index (χ0) is 14.9. The van der Waals surface area contributed by atoms with Gasteiger partial charge in [-0.25, -0.2) is 8.42 Å². The maximum absolute atomic E-state index is 11.5. The van der Waals surface area contributed by atoms with Crippen molar-refractivity contribution < 1.29 is 8.42 Å². The van der Waals surface area contributed by atoms with Gasteiger partial charge in [0, 0.05) is 30.5 Å². The molecule has 21 heavy (non-hydrogen) atoms. The summed E-state index contributed by atoms with van der Waals surface area (Å²) in [5, 5.41) is 3.56. The Bertz CT molecular complexity index is 582. The predicted molar refractivity (Wildman–Crippen MR) is 87.7 cm³/mol. The molecule has 0 radical (unpaired) electrons. The SMILES string of the molecule is C[C@H](CC1CC1)Nc1cccc(N2CCS(=O)(=O)CC2)c1. The molecule has 1 aliphatic carbocycles. The lowest BCUT2D eigenvalue weighted by Gasteiger charge is -2.29. The van der Waals surface area contributed by atoms with E-state index >= 15 is 0 Å². The average molecular weight is 308 g/mol. The molecule has 1 saturated heterocycles. The number of sulfone groups is 1. The van der Waals surface area contributed by atoms with Crippen molar-refractivity contribution in [1.29, 1.82) is 0 Å². The standard InChI is InChI=1S/C16H24N2O2S/c1-13(11-14-5-6-14)17-15-3-2-4-16(12-15)18-7-9-21(19,20)10-8-18/h2-4,12-14,17H,5-11H2,1H3/t13-/m1/s1. The van der Waals surface area contributed by atoms with E-state index in [1.54, 1.807) is 0 Å². The second kappa shape index (κ2) is 5.87. The highest BCUT2D eigenvalue weighted by Gasteiger charge is 2.24. The molecule has 1 N–H and O–H groups in total. The fourth-order valence-electron chi connectivity index (χ4n) is 2.96. The third kappa shape index (κ3) is 4.13. The lowest BCUT2D eigenvalue weighted by Crippen LogP contribution is -2.40. The molecule has 116 valence electrons. The third-order valence-corrected chi connectivity index (χ3v) is 5.96. The van der Waals surface area contributed by atoms with Crippen LogP contribution in [0.4, 0.5) is 11.4 Å². The Morgan fingerprint density at radius 2 is 2.00 bits per heavy atom. The van der Waals surface area contributed by atoms with E-state index in [9.17, 15) is 8.42 Å². The van der Waals surface area contributed by atoms with E-state index in [0.717, 1.165) is 17.3 Å². The lowest BCUT2D eigenvalue weighted by molar-refractivity contribution is 0.587. The van der Waals surface area contributed by atoms with Crippen molar-refractivity contribution in [3.8, 4) is 0 Å². The zero-order valence-electron chi connectivity index (χ0n) is 12.6. The minimum atomic E-state index is -2.82. The number of hydrogen-bond acceptors (Lipinski definition) is 4. The fourth-order valence-corrected chi connectivity index (χ4v) is 4.16. The van der Waals surface area contributed by atoms with Crippen molar-refractivity contribution >= 4 is 21.2 Å². The van der Waals surface area contributed by atoms with E-state index in [4.69, 9.17) is 0 Å². The van der Waals surface area contributed by atoms with Crippen LogP contribution in [0, 0.1) is 5.92 Å². The van der Waals surface area contributed by atoms with Crippen molar-refractivity contribution in [2.24, 2.45) is 5.92 Å². The van der Waals surface area contributed by atoms with Gasteiger partial charge in [-0.3, -0.25) is 0 Å². The molecule has 0 spiro atoms. The molecular weight excluding hydrogens is 284 g/mol. The van der Waals surface area contributed by atoms with Crippen molar-refractivity contribution in [1.82, 2.24) is 0 Å². The summed E-state index contributed by atoms with van der Waals surface area (Å²) in [6, 6.07) is 8.84. The van der Waals surface area contributed by atoms with Gasteiger partial charge in [-0.05, 0) is 37.5 Å². The van der Waals surface area contributed by atoms with E-state index in [0.29, 0.717) is 19.1 Å². The Kier molecular flexibility index (Phi) is 4.11. The molecular formula is C16H24N2O2S. The van der Waals surface area contributed by atoms with Gasteiger partial charge in [-0.15, -0.1) is 0 Å². The highest BCUT2D eigenvalue weighted by atomic mass is 32.2. The Balaban J connectivity index is 1.62. The normalized spacial score (nSPS) is 22.8. The van der Waals surface area contributed by atoms with E-state index in [2.05, 4.69) is 35.3 Å². The fraction of sp³-hybridized carbons (Fsp3) is 0.625. The minimum Gasteiger partial charge on any atom is -0.383 e. The molecule has 3 rings (SSSR count). The van der Waals surface area contributed by atoms with Gasteiger partial charge in [-0.2, -0.15) is 0 Å². The van der Waals surface area contributed by atoms with Crippen LogP contribution in [0.2, 0.25) is 0 Å². The summed E-state index contributed by atoms with van der Waals surface area (Å²) in [4.78, 5) is 2.16. The molecule has 5 heteroatoms. The first-order valence-electron chi connectivity index (χ1n) is 7.84. The van der Waals surface area contributed by atoms with Crippen LogP contribution in [0.1, 0.15) is 26.2 Å². The topological polar surface area (TPSA) is 49.4 Å². The zero-order valence-corrected chi connectivity index (χ0v) is 13.4. The molecule has 1 atom stereocenters. The summed E-state index contributed by atoms with van der Waals surface area (Å²) in [5.74, 6) is 1.45. The molecule has 0 unspecified atom stereocenters. The molecule has 1 heterocycles. The van der Waals surface area contributed by atoms with Crippen LogP contribution in [0.25, 0.3) is 0 Å². The predicted octanol–water partition coefficient (Wildman–Crippen LogP) is 2.52. The van der Waals surface area contributed by atoms with Crippen molar-refractivity contribution in [2.45, 2.75) is 32.2 Å². The minimum absolute atomic E-state index is 0.267. The van der Waals surface area contributed by atoms with Gasteiger partial charge in [0.2, 0.25) is 0 Å². The smallest absolute Gasteiger partial charge is 0.153 e. The van der Waals surface area contributed by atoms with Crippen LogP contribution in [0.5, 0.6) is 0 Å². The summed E-state index contributed by atoms with van der Waals surface area (Å²) >= 11 is 0. The largest absolute Gasteiger partial charge is 0.383 e. The van der Waals surface area contributed by atoms with E-state index in [1.807, 2.05) is 6.07 Å². The van der Waals surface area contributed by atoms with Gasteiger partial charge in [-0.1, -0.05) is 18.9 Å². The summed E-state index contributed by atoms with van der Waals surface area (Å²) < 4.78 is 23.0. The second-order valence-electron chi connectivity index (χ2n) is 6.41. The Hall–Kier alpha value is -1.23. The van der Waals surface area contributed by atoms with E-state index < -0.39 is 9.84 Å². The number of rotatable bonds is 5. The quantitative estimate of drug-likeness (QED) is 0.908. The van der Waals surface area contributed by atoms with Crippen molar-refractivity contribution in [2.75, 3.05) is 34.8 Å². The first-order valence-corrected chi connectivity index (χ1v) is 9.66. The van der Waals surface area contributed by atoms with Crippen LogP contribution in [-0.2, 0) is 9.84 Å². The number of hydrogen-bond donors (Lipinski definition) is 1. The molecule has 1 saturated carbocycles. The van der Waals surface area contributed by atoms with Crippen molar-refractivity contribution in [3.63, 3.8) is 0 Å². The molecule has 0 bridgehead atoms. The third-order valence-electron chi connectivity index (χ3n) is 4.35. The molecule has 1 aromatic carbocycles. The Morgan fingerprint density at radius 3 is 2.67 bits per heavy atom. The number of nitrogens with one attached hydrogen (secondary N) is 1. The lowest BCUT2D eigenvalue weighted by atomic mass is 10.1. The van der Waals surface area contributed by atoms with Gasteiger partial charge in [0.25, 0.3) is 0 Å². The highest BCUT2D eigenvalue weighted by molar-refractivity contribution is 7.91. The van der Waals surface area contributed by atoms with E-state index in [1.165, 1.54) is 19.3 Å². The number of nitrogens with zero attached hydrogens (tertiary/aromatic N) is 1. The Morgan fingerprint density at radius 1 is 1.29 bits per heavy atom. The van der Waals surface area contributed by atoms with Gasteiger partial charge in [0.05, 0.1) is 11.5 Å². The van der Waals surface area contributed by atoms with Crippen LogP contribution in [-0.4, -0.2) is 39.1 Å². The summed E-state index contributed by atoms with van der Waals surface area (Å²) in [7, 11) is -2.82. The van der Waals surface area contributed by atoms with Gasteiger partial charge < -0.3 is 10.2 Å². The monoisotopic (exact) mass is 308 g/mol. The van der Waals surface area contributed by atoms with Crippen LogP contribution >= 0.6 is 0 Å². The van der Waals surface area contributed by atoms with E-state index in [-0.39, 0.29) is 11.5 Å². The van der Waals surface area contributed by atoms with Gasteiger partial charge in [0.1, 0.15) is 0 Å². The molecule has 2 aliphatic rings. The molecule has 0 aromatic heterocycles. The molecule has 0 amide bonds. The molecule has 1 aliphatic heterocycles. The first kappa shape index (κ1) is 14.7. The maximum atomic E-state index is 11.5. The van der Waals surface area contributed by atoms with Gasteiger partial charge >= 0.3 is 0 Å². The molecule has 1 aromatic rings. The van der Waals surface area contributed by atoms with Crippen molar-refractivity contribution in [3.05, 3.63) is 24.3 Å². The summed E-state index contributed by atoms with van der Waals surface area (Å²) in [5.41, 5.74) is 2.25. The Labute approximate surface area is 127 Å². The van der Waals surface area contributed by atoms with Crippen LogP contribution in [0.3, 0.4) is 0 Å². The molecule has 2 fully saturated rings.